The summed E-state index contributed by atoms with van der Waals surface area (Å²) in [6.45, 7) is 5.88. The Labute approximate surface area is 107 Å². The van der Waals surface area contributed by atoms with Crippen LogP contribution in [-0.2, 0) is 0 Å². The Balaban J connectivity index is 1.79. The van der Waals surface area contributed by atoms with Crippen molar-refractivity contribution < 1.29 is 0 Å². The predicted molar refractivity (Wildman–Crippen MR) is 74.1 cm³/mol. The highest BCUT2D eigenvalue weighted by molar-refractivity contribution is 4.90. The second-order valence-electron chi connectivity index (χ2n) is 6.28. The maximum Gasteiger partial charge on any atom is 0.00951 e. The van der Waals surface area contributed by atoms with Crippen LogP contribution in [0.25, 0.3) is 0 Å². The molecular formula is C15H30N2. The fourth-order valence-electron chi connectivity index (χ4n) is 3.63. The predicted octanol–water partition coefficient (Wildman–Crippen LogP) is 3.16. The minimum absolute atomic E-state index is 0.536. The lowest BCUT2D eigenvalue weighted by molar-refractivity contribution is 0.0744. The maximum absolute atomic E-state index is 5.96. The highest BCUT2D eigenvalue weighted by atomic mass is 15.2. The molecule has 1 saturated carbocycles. The maximum atomic E-state index is 5.96. The van der Waals surface area contributed by atoms with Crippen molar-refractivity contribution in [2.45, 2.75) is 70.8 Å². The summed E-state index contributed by atoms with van der Waals surface area (Å²) >= 11 is 0. The van der Waals surface area contributed by atoms with Crippen molar-refractivity contribution in [1.82, 2.24) is 4.90 Å². The number of hydrogen-bond acceptors (Lipinski definition) is 2. The van der Waals surface area contributed by atoms with Gasteiger partial charge in [-0.05, 0) is 63.6 Å². The fraction of sp³-hybridized carbons (Fsp3) is 1.00. The van der Waals surface area contributed by atoms with Gasteiger partial charge in [0, 0.05) is 6.04 Å². The van der Waals surface area contributed by atoms with Gasteiger partial charge in [-0.25, -0.2) is 0 Å². The van der Waals surface area contributed by atoms with Gasteiger partial charge in [0.1, 0.15) is 0 Å². The fourth-order valence-corrected chi connectivity index (χ4v) is 3.63. The third-order valence-corrected chi connectivity index (χ3v) is 5.15. The summed E-state index contributed by atoms with van der Waals surface area (Å²) in [6, 6.07) is 0.878. The van der Waals surface area contributed by atoms with Crippen molar-refractivity contribution in [2.75, 3.05) is 19.6 Å². The molecule has 0 bridgehead atoms. The van der Waals surface area contributed by atoms with Gasteiger partial charge >= 0.3 is 0 Å². The van der Waals surface area contributed by atoms with E-state index in [2.05, 4.69) is 11.8 Å². The molecule has 0 radical (unpaired) electrons. The molecule has 2 N–H and O–H groups in total. The number of nitrogens with two attached hydrogens (primary N) is 1. The van der Waals surface area contributed by atoms with Crippen LogP contribution in [0, 0.1) is 5.41 Å². The van der Waals surface area contributed by atoms with Gasteiger partial charge in [0.2, 0.25) is 0 Å². The van der Waals surface area contributed by atoms with E-state index in [0.29, 0.717) is 5.41 Å². The molecule has 0 spiro atoms. The molecule has 2 aliphatic rings. The van der Waals surface area contributed by atoms with E-state index < -0.39 is 0 Å². The van der Waals surface area contributed by atoms with Crippen molar-refractivity contribution in [3.05, 3.63) is 0 Å². The second-order valence-corrected chi connectivity index (χ2v) is 6.28. The van der Waals surface area contributed by atoms with Crippen molar-refractivity contribution in [3.63, 3.8) is 0 Å². The molecule has 0 amide bonds. The summed E-state index contributed by atoms with van der Waals surface area (Å²) in [5.41, 5.74) is 6.50. The number of rotatable bonds is 6. The van der Waals surface area contributed by atoms with E-state index in [9.17, 15) is 0 Å². The standard InChI is InChI=1S/C15H30N2/c1-2-6-14-7-3-4-11-17(14)12-10-15(13-16)8-5-9-15/h14H,2-13,16H2,1H3. The first-order valence-corrected chi connectivity index (χ1v) is 7.74. The van der Waals surface area contributed by atoms with Gasteiger partial charge in [-0.3, -0.25) is 0 Å². The van der Waals surface area contributed by atoms with Gasteiger partial charge in [0.25, 0.3) is 0 Å². The van der Waals surface area contributed by atoms with E-state index in [1.54, 1.807) is 0 Å². The Bertz CT molecular complexity index is 215. The first-order valence-electron chi connectivity index (χ1n) is 7.74. The smallest absolute Gasteiger partial charge is 0.00951 e. The summed E-state index contributed by atoms with van der Waals surface area (Å²) in [5.74, 6) is 0. The molecule has 2 rings (SSSR count). The largest absolute Gasteiger partial charge is 0.330 e. The summed E-state index contributed by atoms with van der Waals surface area (Å²) in [4.78, 5) is 2.77. The summed E-state index contributed by atoms with van der Waals surface area (Å²) in [7, 11) is 0. The van der Waals surface area contributed by atoms with E-state index in [4.69, 9.17) is 5.73 Å². The summed E-state index contributed by atoms with van der Waals surface area (Å²) in [5, 5.41) is 0. The van der Waals surface area contributed by atoms with Crippen LogP contribution >= 0.6 is 0 Å². The topological polar surface area (TPSA) is 29.3 Å². The molecule has 1 unspecified atom stereocenters. The Morgan fingerprint density at radius 1 is 1.24 bits per heavy atom. The van der Waals surface area contributed by atoms with Crippen LogP contribution < -0.4 is 5.73 Å². The molecule has 2 heteroatoms. The highest BCUT2D eigenvalue weighted by Gasteiger charge is 2.36. The first kappa shape index (κ1) is 13.4. The molecular weight excluding hydrogens is 208 g/mol. The van der Waals surface area contributed by atoms with Gasteiger partial charge in [0.15, 0.2) is 0 Å². The van der Waals surface area contributed by atoms with Crippen molar-refractivity contribution in [2.24, 2.45) is 11.1 Å². The molecule has 1 heterocycles. The molecule has 0 aromatic heterocycles. The Hall–Kier alpha value is -0.0800. The zero-order chi connectivity index (χ0) is 12.1. The monoisotopic (exact) mass is 238 g/mol. The average molecular weight is 238 g/mol. The Morgan fingerprint density at radius 2 is 2.06 bits per heavy atom. The SMILES string of the molecule is CCCC1CCCCN1CCC1(CN)CCC1. The van der Waals surface area contributed by atoms with E-state index in [-0.39, 0.29) is 0 Å². The van der Waals surface area contributed by atoms with Crippen LogP contribution in [0.5, 0.6) is 0 Å². The van der Waals surface area contributed by atoms with Gasteiger partial charge in [-0.1, -0.05) is 26.2 Å². The number of nitrogens with zero attached hydrogens (tertiary/aromatic N) is 1. The lowest BCUT2D eigenvalue weighted by Gasteiger charge is -2.44. The lowest BCUT2D eigenvalue weighted by Crippen LogP contribution is -2.45. The van der Waals surface area contributed by atoms with Crippen molar-refractivity contribution in [1.29, 1.82) is 0 Å². The van der Waals surface area contributed by atoms with Gasteiger partial charge in [0.05, 0.1) is 0 Å². The Morgan fingerprint density at radius 3 is 2.65 bits per heavy atom. The molecule has 2 nitrogen and oxygen atoms in total. The minimum atomic E-state index is 0.536. The quantitative estimate of drug-likeness (QED) is 0.770. The highest BCUT2D eigenvalue weighted by Crippen LogP contribution is 2.43. The Kier molecular flexibility index (Phi) is 4.87. The molecule has 0 aromatic carbocycles. The van der Waals surface area contributed by atoms with Gasteiger partial charge in [-0.15, -0.1) is 0 Å². The minimum Gasteiger partial charge on any atom is -0.330 e. The zero-order valence-corrected chi connectivity index (χ0v) is 11.6. The molecule has 1 aliphatic heterocycles. The molecule has 0 aromatic rings. The summed E-state index contributed by atoms with van der Waals surface area (Å²) < 4.78 is 0. The van der Waals surface area contributed by atoms with Gasteiger partial charge in [-0.2, -0.15) is 0 Å². The van der Waals surface area contributed by atoms with Gasteiger partial charge < -0.3 is 10.6 Å². The molecule has 1 aliphatic carbocycles. The third kappa shape index (κ3) is 3.23. The second kappa shape index (κ2) is 6.19. The van der Waals surface area contributed by atoms with Crippen LogP contribution in [0.4, 0.5) is 0 Å². The van der Waals surface area contributed by atoms with Crippen LogP contribution in [0.1, 0.15) is 64.7 Å². The summed E-state index contributed by atoms with van der Waals surface area (Å²) in [6.07, 6.45) is 12.6. The first-order chi connectivity index (χ1) is 8.29. The number of hydrogen-bond donors (Lipinski definition) is 1. The van der Waals surface area contributed by atoms with Crippen LogP contribution in [0.15, 0.2) is 0 Å². The van der Waals surface area contributed by atoms with Crippen LogP contribution in [0.3, 0.4) is 0 Å². The average Bonchev–Trinajstić information content (AvgIpc) is 2.31. The van der Waals surface area contributed by atoms with E-state index in [0.717, 1.165) is 12.6 Å². The zero-order valence-electron chi connectivity index (χ0n) is 11.6. The van der Waals surface area contributed by atoms with Crippen molar-refractivity contribution in [3.8, 4) is 0 Å². The van der Waals surface area contributed by atoms with Crippen LogP contribution in [-0.4, -0.2) is 30.6 Å². The molecule has 2 fully saturated rings. The number of piperidine rings is 1. The van der Waals surface area contributed by atoms with Crippen molar-refractivity contribution >= 4 is 0 Å². The molecule has 1 saturated heterocycles. The van der Waals surface area contributed by atoms with E-state index in [1.807, 2.05) is 0 Å². The van der Waals surface area contributed by atoms with Crippen LogP contribution in [0.2, 0.25) is 0 Å². The van der Waals surface area contributed by atoms with E-state index >= 15 is 0 Å². The molecule has 1 atom stereocenters. The third-order valence-electron chi connectivity index (χ3n) is 5.15. The normalized spacial score (nSPS) is 28.9. The lowest BCUT2D eigenvalue weighted by atomic mass is 9.66. The number of likely N-dealkylation sites (tertiary alicyclic amines) is 1. The molecule has 100 valence electrons. The van der Waals surface area contributed by atoms with E-state index in [1.165, 1.54) is 70.9 Å². The molecule has 17 heavy (non-hydrogen) atoms.